The van der Waals surface area contributed by atoms with Gasteiger partial charge in [-0.05, 0) is 127 Å². The summed E-state index contributed by atoms with van der Waals surface area (Å²) >= 11 is 0. The largest absolute Gasteiger partial charge is 0.413 e. The van der Waals surface area contributed by atoms with E-state index in [1.165, 1.54) is 82.3 Å². The molecule has 0 aromatic carbocycles. The quantitative estimate of drug-likeness (QED) is 0.260. The van der Waals surface area contributed by atoms with Gasteiger partial charge >= 0.3 is 0 Å². The van der Waals surface area contributed by atoms with Crippen molar-refractivity contribution in [2.24, 2.45) is 50.2 Å². The van der Waals surface area contributed by atoms with Crippen molar-refractivity contribution in [1.82, 2.24) is 0 Å². The fraction of sp³-hybridized carbons (Fsp3) is 0.944. The molecule has 1 N–H and O–H groups in total. The lowest BCUT2D eigenvalue weighted by atomic mass is 9.33. The summed E-state index contributed by atoms with van der Waals surface area (Å²) in [6.07, 6.45) is 16.0. The monoisotopic (exact) mass is 556 g/mol. The molecule has 0 aromatic heterocycles. The standard InChI is InChI=1S/C36H64O2Si/c1-11-39(12-2,13-3)38-30-17-18-33(8)28(32(30,6)7)16-19-35(10)29(33)15-14-26-27-24-31(4,5)20-22-36(27,25-37)23-21-34(26,35)9/h14,27-30,37H,11-13,15-25H2,1-10H3/t27-,28?,29?,30?,33-,34-,35+,36+/m0/s1. The predicted octanol–water partition coefficient (Wildman–Crippen LogP) is 10.2. The molecule has 0 amide bonds. The van der Waals surface area contributed by atoms with Crippen LogP contribution >= 0.6 is 0 Å². The highest BCUT2D eigenvalue weighted by Gasteiger charge is 2.68. The van der Waals surface area contributed by atoms with Gasteiger partial charge in [-0.15, -0.1) is 0 Å². The summed E-state index contributed by atoms with van der Waals surface area (Å²) in [4.78, 5) is 0. The van der Waals surface area contributed by atoms with Crippen LogP contribution in [-0.2, 0) is 4.43 Å². The van der Waals surface area contributed by atoms with E-state index < -0.39 is 8.32 Å². The second-order valence-electron chi connectivity index (χ2n) is 17.4. The zero-order valence-electron chi connectivity index (χ0n) is 27.6. The molecular formula is C36H64O2Si. The number of hydrogen-bond donors (Lipinski definition) is 1. The zero-order valence-corrected chi connectivity index (χ0v) is 28.6. The number of hydrogen-bond acceptors (Lipinski definition) is 2. The van der Waals surface area contributed by atoms with E-state index in [0.717, 1.165) is 11.8 Å². The molecule has 0 aliphatic heterocycles. The summed E-state index contributed by atoms with van der Waals surface area (Å²) in [7, 11) is -1.63. The van der Waals surface area contributed by atoms with Crippen molar-refractivity contribution in [3.05, 3.63) is 11.6 Å². The van der Waals surface area contributed by atoms with Crippen molar-refractivity contribution in [2.75, 3.05) is 6.61 Å². The van der Waals surface area contributed by atoms with Crippen molar-refractivity contribution in [2.45, 2.75) is 158 Å². The molecule has 0 saturated heterocycles. The third kappa shape index (κ3) is 4.19. The summed E-state index contributed by atoms with van der Waals surface area (Å²) in [6, 6.07) is 3.78. The molecule has 0 spiro atoms. The molecule has 224 valence electrons. The van der Waals surface area contributed by atoms with Crippen molar-refractivity contribution < 1.29 is 9.53 Å². The highest BCUT2D eigenvalue weighted by atomic mass is 28.4. The van der Waals surface area contributed by atoms with Gasteiger partial charge in [0.05, 0.1) is 6.10 Å². The van der Waals surface area contributed by atoms with Crippen molar-refractivity contribution in [3.8, 4) is 0 Å². The Balaban J connectivity index is 1.49. The Morgan fingerprint density at radius 2 is 1.46 bits per heavy atom. The summed E-state index contributed by atoms with van der Waals surface area (Å²) in [6.45, 7) is 25.8. The highest BCUT2D eigenvalue weighted by Crippen LogP contribution is 2.75. The minimum absolute atomic E-state index is 0.136. The second-order valence-corrected chi connectivity index (χ2v) is 22.2. The third-order valence-electron chi connectivity index (χ3n) is 15.4. The molecule has 3 unspecified atom stereocenters. The molecule has 39 heavy (non-hydrogen) atoms. The van der Waals surface area contributed by atoms with Crippen LogP contribution in [0.5, 0.6) is 0 Å². The van der Waals surface area contributed by atoms with E-state index >= 15 is 0 Å². The van der Waals surface area contributed by atoms with Crippen LogP contribution in [0.15, 0.2) is 11.6 Å². The Kier molecular flexibility index (Phi) is 7.54. The van der Waals surface area contributed by atoms with E-state index in [2.05, 4.69) is 75.3 Å². The smallest absolute Gasteiger partial charge is 0.192 e. The summed E-state index contributed by atoms with van der Waals surface area (Å²) < 4.78 is 7.31. The lowest BCUT2D eigenvalue weighted by molar-refractivity contribution is -0.202. The Hall–Kier alpha value is -0.123. The Morgan fingerprint density at radius 3 is 2.08 bits per heavy atom. The number of aliphatic hydroxyl groups is 1. The maximum Gasteiger partial charge on any atom is 0.192 e. The first-order valence-corrected chi connectivity index (χ1v) is 19.6. The van der Waals surface area contributed by atoms with Crippen LogP contribution in [0.4, 0.5) is 0 Å². The van der Waals surface area contributed by atoms with Crippen LogP contribution < -0.4 is 0 Å². The first-order valence-electron chi connectivity index (χ1n) is 17.1. The molecule has 0 aromatic rings. The lowest BCUT2D eigenvalue weighted by Crippen LogP contribution is -2.65. The van der Waals surface area contributed by atoms with Crippen molar-refractivity contribution in [3.63, 3.8) is 0 Å². The first-order chi connectivity index (χ1) is 18.1. The summed E-state index contributed by atoms with van der Waals surface area (Å²) in [5, 5.41) is 10.8. The molecule has 2 nitrogen and oxygen atoms in total. The summed E-state index contributed by atoms with van der Waals surface area (Å²) in [5.41, 5.74) is 3.54. The Bertz CT molecular complexity index is 955. The molecule has 0 radical (unpaired) electrons. The van der Waals surface area contributed by atoms with E-state index in [0.29, 0.717) is 34.9 Å². The van der Waals surface area contributed by atoms with Crippen LogP contribution in [0.2, 0.25) is 18.1 Å². The van der Waals surface area contributed by atoms with Gasteiger partial charge in [-0.1, -0.05) is 80.9 Å². The van der Waals surface area contributed by atoms with Crippen LogP contribution in [0.3, 0.4) is 0 Å². The molecule has 4 saturated carbocycles. The minimum atomic E-state index is -1.63. The summed E-state index contributed by atoms with van der Waals surface area (Å²) in [5.74, 6) is 2.07. The van der Waals surface area contributed by atoms with Crippen LogP contribution in [-0.4, -0.2) is 26.1 Å². The maximum absolute atomic E-state index is 10.8. The van der Waals surface area contributed by atoms with Crippen molar-refractivity contribution >= 4 is 8.32 Å². The molecule has 0 heterocycles. The van der Waals surface area contributed by atoms with Gasteiger partial charge in [-0.2, -0.15) is 0 Å². The van der Waals surface area contributed by atoms with Gasteiger partial charge in [0.25, 0.3) is 0 Å². The topological polar surface area (TPSA) is 29.5 Å². The average Bonchev–Trinajstić information content (AvgIpc) is 2.89. The number of allylic oxidation sites excluding steroid dienone is 2. The van der Waals surface area contributed by atoms with Crippen molar-refractivity contribution in [1.29, 1.82) is 0 Å². The SMILES string of the molecule is CC[Si](CC)(CC)OC1CC[C@@]2(C)C(CC[C@]3(C)C2CC=C2[C@@H]4CC(C)(C)CC[C@]4(CO)CC[C@@]23C)C1(C)C. The van der Waals surface area contributed by atoms with E-state index in [4.69, 9.17) is 4.43 Å². The number of rotatable bonds is 6. The van der Waals surface area contributed by atoms with Gasteiger partial charge in [0.15, 0.2) is 8.32 Å². The highest BCUT2D eigenvalue weighted by molar-refractivity contribution is 6.73. The first kappa shape index (κ1) is 30.3. The third-order valence-corrected chi connectivity index (χ3v) is 20.0. The normalized spacial score (nSPS) is 46.8. The van der Waals surface area contributed by atoms with E-state index in [1.807, 2.05) is 0 Å². The number of aliphatic hydroxyl groups excluding tert-OH is 1. The molecule has 0 bridgehead atoms. The second kappa shape index (κ2) is 9.70. The Labute approximate surface area is 243 Å². The number of fused-ring (bicyclic) bond motifs is 7. The molecule has 5 aliphatic carbocycles. The molecule has 5 aliphatic rings. The van der Waals surface area contributed by atoms with E-state index in [-0.39, 0.29) is 16.2 Å². The van der Waals surface area contributed by atoms with Gasteiger partial charge in [0.2, 0.25) is 0 Å². The molecular weight excluding hydrogens is 492 g/mol. The molecule has 3 heteroatoms. The Morgan fingerprint density at radius 1 is 0.821 bits per heavy atom. The fourth-order valence-corrected chi connectivity index (χ4v) is 15.2. The van der Waals surface area contributed by atoms with E-state index in [1.54, 1.807) is 5.57 Å². The molecule has 5 rings (SSSR count). The molecule has 4 fully saturated rings. The van der Waals surface area contributed by atoms with Gasteiger partial charge in [0.1, 0.15) is 0 Å². The van der Waals surface area contributed by atoms with Crippen LogP contribution in [0.25, 0.3) is 0 Å². The van der Waals surface area contributed by atoms with Gasteiger partial charge in [0, 0.05) is 12.0 Å². The van der Waals surface area contributed by atoms with E-state index in [9.17, 15) is 5.11 Å². The van der Waals surface area contributed by atoms with Gasteiger partial charge in [-0.25, -0.2) is 0 Å². The fourth-order valence-electron chi connectivity index (χ4n) is 12.1. The maximum atomic E-state index is 10.8. The minimum Gasteiger partial charge on any atom is -0.413 e. The van der Waals surface area contributed by atoms with Gasteiger partial charge < -0.3 is 9.53 Å². The van der Waals surface area contributed by atoms with Crippen LogP contribution in [0, 0.1) is 50.2 Å². The van der Waals surface area contributed by atoms with Gasteiger partial charge in [-0.3, -0.25) is 0 Å². The zero-order chi connectivity index (χ0) is 28.7. The average molecular weight is 557 g/mol. The molecule has 8 atom stereocenters. The predicted molar refractivity (Wildman–Crippen MR) is 168 cm³/mol. The van der Waals surface area contributed by atoms with Crippen LogP contribution in [0.1, 0.15) is 133 Å². The lowest BCUT2D eigenvalue weighted by Gasteiger charge is -2.71.